The van der Waals surface area contributed by atoms with Gasteiger partial charge in [-0.05, 0) is 36.8 Å². The summed E-state index contributed by atoms with van der Waals surface area (Å²) in [5.74, 6) is 0.329. The van der Waals surface area contributed by atoms with Crippen molar-refractivity contribution in [1.82, 2.24) is 9.29 Å². The lowest BCUT2D eigenvalue weighted by Gasteiger charge is -2.31. The number of sulfonamides is 1. The van der Waals surface area contributed by atoms with Gasteiger partial charge in [-0.2, -0.15) is 0 Å². The van der Waals surface area contributed by atoms with E-state index in [4.69, 9.17) is 11.6 Å². The number of nitrogens with zero attached hydrogens (tertiary/aromatic N) is 2. The van der Waals surface area contributed by atoms with Crippen LogP contribution >= 0.6 is 11.6 Å². The summed E-state index contributed by atoms with van der Waals surface area (Å²) < 4.78 is 24.6. The molecule has 1 aromatic heterocycles. The van der Waals surface area contributed by atoms with Crippen molar-refractivity contribution in [3.05, 3.63) is 29.0 Å². The third-order valence-electron chi connectivity index (χ3n) is 3.30. The molecule has 0 saturated carbocycles. The van der Waals surface area contributed by atoms with Crippen LogP contribution in [0.3, 0.4) is 0 Å². The van der Waals surface area contributed by atoms with Crippen molar-refractivity contribution in [1.29, 1.82) is 0 Å². The third kappa shape index (κ3) is 3.43. The van der Waals surface area contributed by atoms with Crippen LogP contribution in [0.5, 0.6) is 0 Å². The highest BCUT2D eigenvalue weighted by Crippen LogP contribution is 2.24. The average Bonchev–Trinajstić information content (AvgIpc) is 2.31. The molecule has 0 radical (unpaired) electrons. The molecule has 1 saturated heterocycles. The molecule has 1 aliphatic heterocycles. The Kier molecular flexibility index (Phi) is 4.25. The molecule has 0 aliphatic carbocycles. The molecule has 2 heterocycles. The summed E-state index contributed by atoms with van der Waals surface area (Å²) >= 11 is 6.03. The van der Waals surface area contributed by atoms with Gasteiger partial charge in [0.05, 0.1) is 6.26 Å². The van der Waals surface area contributed by atoms with E-state index in [2.05, 4.69) is 4.98 Å². The minimum atomic E-state index is -3.08. The van der Waals surface area contributed by atoms with Crippen LogP contribution in [-0.2, 0) is 16.4 Å². The zero-order valence-corrected chi connectivity index (χ0v) is 11.9. The van der Waals surface area contributed by atoms with Gasteiger partial charge in [-0.25, -0.2) is 17.7 Å². The number of pyridine rings is 1. The van der Waals surface area contributed by atoms with Crippen molar-refractivity contribution in [3.8, 4) is 0 Å². The van der Waals surface area contributed by atoms with Crippen LogP contribution in [0.1, 0.15) is 18.4 Å². The predicted molar refractivity (Wildman–Crippen MR) is 72.1 cm³/mol. The lowest BCUT2D eigenvalue weighted by Crippen LogP contribution is -2.39. The summed E-state index contributed by atoms with van der Waals surface area (Å²) in [5, 5.41) is 0.522. The lowest BCUT2D eigenvalue weighted by molar-refractivity contribution is 0.266. The summed E-state index contributed by atoms with van der Waals surface area (Å²) in [6.45, 7) is 1.22. The molecule has 0 unspecified atom stereocenters. The van der Waals surface area contributed by atoms with Gasteiger partial charge in [-0.15, -0.1) is 0 Å². The van der Waals surface area contributed by atoms with Gasteiger partial charge in [-0.1, -0.05) is 17.7 Å². The molecule has 1 aromatic rings. The minimum absolute atomic E-state index is 0.329. The highest BCUT2D eigenvalue weighted by molar-refractivity contribution is 7.88. The Hall–Kier alpha value is -0.650. The van der Waals surface area contributed by atoms with Gasteiger partial charge in [0.2, 0.25) is 10.0 Å². The molecule has 1 atom stereocenters. The van der Waals surface area contributed by atoms with Gasteiger partial charge in [0.1, 0.15) is 5.15 Å². The van der Waals surface area contributed by atoms with Crippen molar-refractivity contribution in [2.24, 2.45) is 5.92 Å². The van der Waals surface area contributed by atoms with Crippen LogP contribution in [0, 0.1) is 5.92 Å². The first-order chi connectivity index (χ1) is 8.47. The lowest BCUT2D eigenvalue weighted by atomic mass is 9.93. The summed E-state index contributed by atoms with van der Waals surface area (Å²) in [6.07, 6.45) is 5.67. The Balaban J connectivity index is 2.05. The van der Waals surface area contributed by atoms with Crippen molar-refractivity contribution < 1.29 is 8.42 Å². The van der Waals surface area contributed by atoms with E-state index >= 15 is 0 Å². The van der Waals surface area contributed by atoms with Crippen LogP contribution in [0.2, 0.25) is 5.15 Å². The largest absolute Gasteiger partial charge is 0.244 e. The molecule has 0 bridgehead atoms. The molecule has 4 nitrogen and oxygen atoms in total. The van der Waals surface area contributed by atoms with Crippen molar-refractivity contribution >= 4 is 21.6 Å². The van der Waals surface area contributed by atoms with Crippen LogP contribution in [0.15, 0.2) is 18.3 Å². The van der Waals surface area contributed by atoms with E-state index in [-0.39, 0.29) is 0 Å². The first-order valence-corrected chi connectivity index (χ1v) is 8.24. The SMILES string of the molecule is CS(=O)(=O)N1CCC[C@H](Cc2cccnc2Cl)C1. The fourth-order valence-electron chi connectivity index (χ4n) is 2.38. The molecule has 6 heteroatoms. The molecule has 1 aliphatic rings. The Bertz CT molecular complexity index is 519. The smallest absolute Gasteiger partial charge is 0.211 e. The Labute approximate surface area is 113 Å². The second-order valence-electron chi connectivity index (χ2n) is 4.79. The van der Waals surface area contributed by atoms with Gasteiger partial charge >= 0.3 is 0 Å². The molecule has 1 fully saturated rings. The van der Waals surface area contributed by atoms with Crippen LogP contribution in [0.25, 0.3) is 0 Å². The van der Waals surface area contributed by atoms with Crippen molar-refractivity contribution in [3.63, 3.8) is 0 Å². The molecule has 0 spiro atoms. The molecular weight excluding hydrogens is 272 g/mol. The Morgan fingerprint density at radius 2 is 2.33 bits per heavy atom. The quantitative estimate of drug-likeness (QED) is 0.799. The van der Waals surface area contributed by atoms with Crippen molar-refractivity contribution in [2.45, 2.75) is 19.3 Å². The molecule has 18 heavy (non-hydrogen) atoms. The molecule has 0 aromatic carbocycles. The van der Waals surface area contributed by atoms with E-state index in [9.17, 15) is 8.42 Å². The zero-order valence-electron chi connectivity index (χ0n) is 10.3. The van der Waals surface area contributed by atoms with Gasteiger partial charge in [-0.3, -0.25) is 0 Å². The highest BCUT2D eigenvalue weighted by atomic mass is 35.5. The number of rotatable bonds is 3. The standard InChI is InChI=1S/C12H17ClN2O2S/c1-18(16,17)15-7-3-4-10(9-15)8-11-5-2-6-14-12(11)13/h2,5-6,10H,3-4,7-9H2,1H3/t10-/m1/s1. The van der Waals surface area contributed by atoms with Gasteiger partial charge in [0, 0.05) is 19.3 Å². The average molecular weight is 289 g/mol. The molecular formula is C12H17ClN2O2S. The van der Waals surface area contributed by atoms with Crippen LogP contribution < -0.4 is 0 Å². The predicted octanol–water partition coefficient (Wildman–Crippen LogP) is 1.95. The number of hydrogen-bond donors (Lipinski definition) is 0. The van der Waals surface area contributed by atoms with Crippen LogP contribution in [0.4, 0.5) is 0 Å². The molecule has 100 valence electrons. The second kappa shape index (κ2) is 5.55. The normalized spacial score (nSPS) is 22.0. The summed E-state index contributed by atoms with van der Waals surface area (Å²) in [5.41, 5.74) is 1.000. The van der Waals surface area contributed by atoms with Gasteiger partial charge in [0.25, 0.3) is 0 Å². The number of halogens is 1. The zero-order chi connectivity index (χ0) is 13.2. The fourth-order valence-corrected chi connectivity index (χ4v) is 3.52. The van der Waals surface area contributed by atoms with E-state index < -0.39 is 10.0 Å². The fraction of sp³-hybridized carbons (Fsp3) is 0.583. The van der Waals surface area contributed by atoms with E-state index in [0.717, 1.165) is 24.8 Å². The Morgan fingerprint density at radius 1 is 1.56 bits per heavy atom. The van der Waals surface area contributed by atoms with Crippen molar-refractivity contribution in [2.75, 3.05) is 19.3 Å². The monoisotopic (exact) mass is 288 g/mol. The Morgan fingerprint density at radius 3 is 3.00 bits per heavy atom. The second-order valence-corrected chi connectivity index (χ2v) is 7.13. The van der Waals surface area contributed by atoms with E-state index in [1.54, 1.807) is 10.5 Å². The minimum Gasteiger partial charge on any atom is -0.244 e. The third-order valence-corrected chi connectivity index (χ3v) is 4.91. The first-order valence-electron chi connectivity index (χ1n) is 6.01. The number of piperidine rings is 1. The number of hydrogen-bond acceptors (Lipinski definition) is 3. The first kappa shape index (κ1) is 13.8. The topological polar surface area (TPSA) is 50.3 Å². The summed E-state index contributed by atoms with van der Waals surface area (Å²) in [4.78, 5) is 4.05. The molecule has 0 N–H and O–H groups in total. The summed E-state index contributed by atoms with van der Waals surface area (Å²) in [7, 11) is -3.08. The maximum absolute atomic E-state index is 11.5. The van der Waals surface area contributed by atoms with Gasteiger partial charge in [0.15, 0.2) is 0 Å². The molecule has 0 amide bonds. The maximum atomic E-state index is 11.5. The number of aromatic nitrogens is 1. The maximum Gasteiger partial charge on any atom is 0.211 e. The van der Waals surface area contributed by atoms with E-state index in [0.29, 0.717) is 24.2 Å². The van der Waals surface area contributed by atoms with Gasteiger partial charge < -0.3 is 0 Å². The van der Waals surface area contributed by atoms with Crippen LogP contribution in [-0.4, -0.2) is 37.1 Å². The highest BCUT2D eigenvalue weighted by Gasteiger charge is 2.26. The van der Waals surface area contributed by atoms with E-state index in [1.807, 2.05) is 12.1 Å². The van der Waals surface area contributed by atoms with E-state index in [1.165, 1.54) is 6.26 Å². The molecule has 2 rings (SSSR count). The summed E-state index contributed by atoms with van der Waals surface area (Å²) in [6, 6.07) is 3.81.